The first-order valence-corrected chi connectivity index (χ1v) is 11.8. The van der Waals surface area contributed by atoms with Gasteiger partial charge in [-0.25, -0.2) is 5.01 Å². The molecule has 8 nitrogen and oxygen atoms in total. The molecule has 172 valence electrons. The lowest BCUT2D eigenvalue weighted by atomic mass is 10.0. The number of hydrazone groups is 1. The smallest absolute Gasteiger partial charge is 0.277 e. The molecule has 3 heterocycles. The predicted octanol–water partition coefficient (Wildman–Crippen LogP) is 5.46. The van der Waals surface area contributed by atoms with Crippen molar-refractivity contribution in [2.75, 3.05) is 12.9 Å². The fourth-order valence-corrected chi connectivity index (χ4v) is 4.31. The van der Waals surface area contributed by atoms with Gasteiger partial charge in [0.25, 0.3) is 11.1 Å². The topological polar surface area (TPSA) is 94.0 Å². The number of hydrogen-bond donors (Lipinski definition) is 0. The highest BCUT2D eigenvalue weighted by atomic mass is 35.5. The van der Waals surface area contributed by atoms with Crippen molar-refractivity contribution >= 4 is 35.0 Å². The zero-order valence-corrected chi connectivity index (χ0v) is 19.6. The lowest BCUT2D eigenvalue weighted by molar-refractivity contribution is -0.130. The van der Waals surface area contributed by atoms with Crippen LogP contribution in [0.1, 0.15) is 23.8 Å². The van der Waals surface area contributed by atoms with Crippen LogP contribution in [-0.4, -0.2) is 39.7 Å². The number of halogens is 1. The van der Waals surface area contributed by atoms with Gasteiger partial charge in [0.2, 0.25) is 5.89 Å². The van der Waals surface area contributed by atoms with Crippen molar-refractivity contribution in [1.82, 2.24) is 15.2 Å². The first-order valence-electron chi connectivity index (χ1n) is 10.4. The molecular weight excluding hydrogens is 476 g/mol. The van der Waals surface area contributed by atoms with Crippen molar-refractivity contribution in [3.8, 4) is 17.2 Å². The fourth-order valence-electron chi connectivity index (χ4n) is 3.57. The maximum atomic E-state index is 13.1. The maximum Gasteiger partial charge on any atom is 0.277 e. The third-order valence-corrected chi connectivity index (χ3v) is 6.33. The Labute approximate surface area is 204 Å². The standard InChI is InChI=1S/C24H19ClN4O4S/c1-31-18-10-6-16(7-11-18)23-26-27-24(33-23)34-14-22(30)29-20(21-3-2-12-32-21)13-19(28-29)15-4-8-17(25)9-5-15/h2-12,20H,13-14H2,1H3/t20-/m0/s1. The Morgan fingerprint density at radius 3 is 2.59 bits per heavy atom. The molecule has 2 aromatic carbocycles. The summed E-state index contributed by atoms with van der Waals surface area (Å²) in [5.41, 5.74) is 2.46. The first kappa shape index (κ1) is 22.2. The molecule has 1 aliphatic heterocycles. The zero-order valence-electron chi connectivity index (χ0n) is 18.1. The van der Waals surface area contributed by atoms with E-state index in [0.717, 1.165) is 34.3 Å². The Morgan fingerprint density at radius 2 is 1.88 bits per heavy atom. The Kier molecular flexibility index (Phi) is 6.37. The van der Waals surface area contributed by atoms with Crippen LogP contribution in [0.3, 0.4) is 0 Å². The monoisotopic (exact) mass is 494 g/mol. The number of rotatable bonds is 7. The van der Waals surface area contributed by atoms with Gasteiger partial charge in [-0.3, -0.25) is 4.79 Å². The molecule has 1 atom stereocenters. The number of aromatic nitrogens is 2. The lowest BCUT2D eigenvalue weighted by Crippen LogP contribution is -2.28. The van der Waals surface area contributed by atoms with Gasteiger partial charge >= 0.3 is 0 Å². The molecule has 0 fully saturated rings. The molecule has 0 saturated heterocycles. The van der Waals surface area contributed by atoms with Crippen molar-refractivity contribution in [1.29, 1.82) is 0 Å². The van der Waals surface area contributed by atoms with Crippen LogP contribution in [-0.2, 0) is 4.79 Å². The number of carbonyl (C=O) groups is 1. The summed E-state index contributed by atoms with van der Waals surface area (Å²) >= 11 is 7.18. The molecule has 0 unspecified atom stereocenters. The number of thioether (sulfide) groups is 1. The van der Waals surface area contributed by atoms with Gasteiger partial charge in [0.15, 0.2) is 0 Å². The molecule has 4 aromatic rings. The van der Waals surface area contributed by atoms with E-state index in [9.17, 15) is 4.79 Å². The molecule has 0 N–H and O–H groups in total. The third-order valence-electron chi connectivity index (χ3n) is 5.28. The zero-order chi connectivity index (χ0) is 23.5. The number of furan rings is 1. The van der Waals surface area contributed by atoms with Crippen LogP contribution >= 0.6 is 23.4 Å². The van der Waals surface area contributed by atoms with Crippen molar-refractivity contribution in [2.24, 2.45) is 5.10 Å². The Hall–Kier alpha value is -3.56. The second kappa shape index (κ2) is 9.74. The normalized spacial score (nSPS) is 15.4. The van der Waals surface area contributed by atoms with Crippen LogP contribution in [0.15, 0.2) is 86.1 Å². The van der Waals surface area contributed by atoms with Crippen molar-refractivity contribution in [3.05, 3.63) is 83.3 Å². The second-order valence-electron chi connectivity index (χ2n) is 7.42. The molecule has 0 spiro atoms. The SMILES string of the molecule is COc1ccc(-c2nnc(SCC(=O)N3N=C(c4ccc(Cl)cc4)C[C@H]3c3ccco3)o2)cc1. The molecule has 5 rings (SSSR count). The summed E-state index contributed by atoms with van der Waals surface area (Å²) in [5, 5.41) is 15.1. The quantitative estimate of drug-likeness (QED) is 0.315. The average molecular weight is 495 g/mol. The molecule has 0 saturated carbocycles. The molecule has 0 bridgehead atoms. The van der Waals surface area contributed by atoms with Gasteiger partial charge in [0, 0.05) is 17.0 Å². The largest absolute Gasteiger partial charge is 0.497 e. The molecule has 1 amide bonds. The van der Waals surface area contributed by atoms with E-state index in [1.807, 2.05) is 42.5 Å². The van der Waals surface area contributed by atoms with E-state index in [-0.39, 0.29) is 17.7 Å². The van der Waals surface area contributed by atoms with Crippen molar-refractivity contribution in [2.45, 2.75) is 17.7 Å². The molecule has 1 aliphatic rings. The average Bonchev–Trinajstić information content (AvgIpc) is 3.64. The molecule has 2 aromatic heterocycles. The van der Waals surface area contributed by atoms with Crippen LogP contribution < -0.4 is 4.74 Å². The van der Waals surface area contributed by atoms with Gasteiger partial charge in [-0.2, -0.15) is 5.10 Å². The van der Waals surface area contributed by atoms with Crippen LogP contribution in [0.25, 0.3) is 11.5 Å². The maximum absolute atomic E-state index is 13.1. The number of methoxy groups -OCH3 is 1. The minimum absolute atomic E-state index is 0.0822. The van der Waals surface area contributed by atoms with Crippen LogP contribution in [0.4, 0.5) is 0 Å². The van der Waals surface area contributed by atoms with Gasteiger partial charge in [-0.15, -0.1) is 10.2 Å². The van der Waals surface area contributed by atoms with E-state index in [4.69, 9.17) is 25.2 Å². The van der Waals surface area contributed by atoms with Crippen LogP contribution in [0.2, 0.25) is 5.02 Å². The van der Waals surface area contributed by atoms with Crippen LogP contribution in [0.5, 0.6) is 5.75 Å². The summed E-state index contributed by atoms with van der Waals surface area (Å²) in [5.74, 6) is 1.66. The van der Waals surface area contributed by atoms with Crippen LogP contribution in [0, 0.1) is 0 Å². The Bertz CT molecular complexity index is 1300. The number of carbonyl (C=O) groups excluding carboxylic acids is 1. The van der Waals surface area contributed by atoms with E-state index in [1.165, 1.54) is 5.01 Å². The minimum atomic E-state index is -0.327. The number of nitrogens with zero attached hydrogens (tertiary/aromatic N) is 4. The minimum Gasteiger partial charge on any atom is -0.497 e. The van der Waals surface area contributed by atoms with Crippen molar-refractivity contribution in [3.63, 3.8) is 0 Å². The molecule has 34 heavy (non-hydrogen) atoms. The summed E-state index contributed by atoms with van der Waals surface area (Å²) in [6.45, 7) is 0. The highest BCUT2D eigenvalue weighted by Crippen LogP contribution is 2.34. The number of ether oxygens (including phenoxy) is 1. The van der Waals surface area contributed by atoms with E-state index in [1.54, 1.807) is 31.6 Å². The summed E-state index contributed by atoms with van der Waals surface area (Å²) in [6.07, 6.45) is 2.12. The van der Waals surface area contributed by atoms with Crippen molar-refractivity contribution < 1.29 is 18.4 Å². The number of amides is 1. The predicted molar refractivity (Wildman–Crippen MR) is 128 cm³/mol. The molecule has 10 heteroatoms. The Balaban J connectivity index is 1.30. The summed E-state index contributed by atoms with van der Waals surface area (Å²) in [7, 11) is 1.60. The lowest BCUT2D eigenvalue weighted by Gasteiger charge is -2.19. The van der Waals surface area contributed by atoms with Gasteiger partial charge in [-0.1, -0.05) is 35.5 Å². The van der Waals surface area contributed by atoms with Gasteiger partial charge < -0.3 is 13.6 Å². The number of benzene rings is 2. The highest BCUT2D eigenvalue weighted by molar-refractivity contribution is 7.99. The summed E-state index contributed by atoms with van der Waals surface area (Å²) in [4.78, 5) is 13.1. The Morgan fingerprint density at radius 1 is 1.12 bits per heavy atom. The number of hydrogen-bond acceptors (Lipinski definition) is 8. The third kappa shape index (κ3) is 4.71. The molecular formula is C24H19ClN4O4S. The van der Waals surface area contributed by atoms with E-state index < -0.39 is 0 Å². The fraction of sp³-hybridized carbons (Fsp3) is 0.167. The first-order chi connectivity index (χ1) is 16.6. The summed E-state index contributed by atoms with van der Waals surface area (Å²) < 4.78 is 16.5. The molecule has 0 aliphatic carbocycles. The van der Waals surface area contributed by atoms with Gasteiger partial charge in [0.1, 0.15) is 17.6 Å². The van der Waals surface area contributed by atoms with Gasteiger partial charge in [0.05, 0.1) is 24.8 Å². The second-order valence-corrected chi connectivity index (χ2v) is 8.78. The summed E-state index contributed by atoms with van der Waals surface area (Å²) in [6, 6.07) is 18.0. The van der Waals surface area contributed by atoms with E-state index in [2.05, 4.69) is 15.3 Å². The van der Waals surface area contributed by atoms with Gasteiger partial charge in [-0.05, 0) is 54.1 Å². The molecule has 0 radical (unpaired) electrons. The van der Waals surface area contributed by atoms with E-state index >= 15 is 0 Å². The highest BCUT2D eigenvalue weighted by Gasteiger charge is 2.35. The van der Waals surface area contributed by atoms with E-state index in [0.29, 0.717) is 28.3 Å².